The number of carbonyl (C=O) groups is 2. The summed E-state index contributed by atoms with van der Waals surface area (Å²) in [5, 5.41) is 10.9. The summed E-state index contributed by atoms with van der Waals surface area (Å²) in [7, 11) is 0. The van der Waals surface area contributed by atoms with Gasteiger partial charge in [-0.1, -0.05) is 65.8 Å². The Morgan fingerprint density at radius 3 is 2.12 bits per heavy atom. The van der Waals surface area contributed by atoms with Gasteiger partial charge in [0.25, 0.3) is 5.91 Å². The standard InChI is InChI=1S/C27H31NO5/c1-26(2,3)17-9-7-16(8-10-17)22-21(24(30)27(4,5)6)23(29)25(31)28(22)18-11-12-19-20(15-18)33-14-13-32-19/h7-12,15,22,29H,13-14H2,1-6H3. The molecule has 33 heavy (non-hydrogen) atoms. The lowest BCUT2D eigenvalue weighted by molar-refractivity contribution is -0.123. The molecule has 6 heteroatoms. The summed E-state index contributed by atoms with van der Waals surface area (Å²) in [5.41, 5.74) is 1.72. The number of fused-ring (bicyclic) bond motifs is 1. The zero-order valence-electron chi connectivity index (χ0n) is 20.1. The van der Waals surface area contributed by atoms with Gasteiger partial charge in [0.15, 0.2) is 23.0 Å². The zero-order valence-corrected chi connectivity index (χ0v) is 20.1. The van der Waals surface area contributed by atoms with E-state index in [1.165, 1.54) is 4.90 Å². The van der Waals surface area contributed by atoms with Crippen molar-refractivity contribution in [2.75, 3.05) is 18.1 Å². The lowest BCUT2D eigenvalue weighted by Crippen LogP contribution is -2.33. The van der Waals surface area contributed by atoms with E-state index in [-0.39, 0.29) is 16.8 Å². The number of ketones is 1. The molecule has 0 saturated carbocycles. The number of hydrogen-bond donors (Lipinski definition) is 1. The second-order valence-electron chi connectivity index (χ2n) is 10.6. The molecule has 0 saturated heterocycles. The monoisotopic (exact) mass is 449 g/mol. The summed E-state index contributed by atoms with van der Waals surface area (Å²) in [4.78, 5) is 28.2. The van der Waals surface area contributed by atoms with Crippen LogP contribution < -0.4 is 14.4 Å². The minimum absolute atomic E-state index is 0.0401. The Balaban J connectivity index is 1.85. The fourth-order valence-electron chi connectivity index (χ4n) is 4.17. The number of aliphatic hydroxyl groups excluding tert-OH is 1. The smallest absolute Gasteiger partial charge is 0.294 e. The minimum atomic E-state index is -0.768. The summed E-state index contributed by atoms with van der Waals surface area (Å²) in [6.07, 6.45) is 0. The number of Topliss-reactive ketones (excluding diaryl/α,β-unsaturated/α-hetero) is 1. The van der Waals surface area contributed by atoms with Crippen molar-refractivity contribution in [2.45, 2.75) is 53.0 Å². The van der Waals surface area contributed by atoms with Crippen molar-refractivity contribution in [3.05, 3.63) is 64.9 Å². The van der Waals surface area contributed by atoms with E-state index in [0.717, 1.165) is 11.1 Å². The highest BCUT2D eigenvalue weighted by molar-refractivity contribution is 6.17. The van der Waals surface area contributed by atoms with Crippen molar-refractivity contribution in [3.63, 3.8) is 0 Å². The van der Waals surface area contributed by atoms with Crippen molar-refractivity contribution < 1.29 is 24.2 Å². The molecule has 0 spiro atoms. The first kappa shape index (κ1) is 22.9. The van der Waals surface area contributed by atoms with Crippen LogP contribution >= 0.6 is 0 Å². The fourth-order valence-corrected chi connectivity index (χ4v) is 4.17. The Kier molecular flexibility index (Phi) is 5.51. The average molecular weight is 450 g/mol. The molecule has 2 heterocycles. The molecular weight excluding hydrogens is 418 g/mol. The van der Waals surface area contributed by atoms with E-state index < -0.39 is 23.1 Å². The molecule has 0 fully saturated rings. The van der Waals surface area contributed by atoms with Crippen molar-refractivity contribution in [1.29, 1.82) is 0 Å². The highest BCUT2D eigenvalue weighted by Gasteiger charge is 2.47. The third kappa shape index (κ3) is 4.10. The number of benzene rings is 2. The first-order valence-corrected chi connectivity index (χ1v) is 11.2. The van der Waals surface area contributed by atoms with Crippen LogP contribution in [-0.4, -0.2) is 30.0 Å². The Bertz CT molecular complexity index is 1130. The van der Waals surface area contributed by atoms with Gasteiger partial charge in [-0.05, 0) is 28.7 Å². The van der Waals surface area contributed by atoms with Crippen LogP contribution in [0.2, 0.25) is 0 Å². The highest BCUT2D eigenvalue weighted by Crippen LogP contribution is 2.45. The topological polar surface area (TPSA) is 76.1 Å². The molecule has 174 valence electrons. The van der Waals surface area contributed by atoms with Crippen LogP contribution in [0.3, 0.4) is 0 Å². The van der Waals surface area contributed by atoms with E-state index in [1.54, 1.807) is 39.0 Å². The van der Waals surface area contributed by atoms with Crippen LogP contribution in [0.5, 0.6) is 11.5 Å². The van der Waals surface area contributed by atoms with Gasteiger partial charge in [-0.25, -0.2) is 0 Å². The number of aliphatic hydroxyl groups is 1. The SMILES string of the molecule is CC(C)(C)C(=O)C1=C(O)C(=O)N(c2ccc3c(c2)OCCO3)C1c1ccc(C(C)(C)C)cc1. The zero-order chi connectivity index (χ0) is 24.1. The van der Waals surface area contributed by atoms with Crippen molar-refractivity contribution >= 4 is 17.4 Å². The predicted molar refractivity (Wildman–Crippen MR) is 127 cm³/mol. The highest BCUT2D eigenvalue weighted by atomic mass is 16.6. The number of carbonyl (C=O) groups excluding carboxylic acids is 2. The summed E-state index contributed by atoms with van der Waals surface area (Å²) in [6.45, 7) is 12.6. The molecule has 1 unspecified atom stereocenters. The largest absolute Gasteiger partial charge is 0.503 e. The number of hydrogen-bond acceptors (Lipinski definition) is 5. The predicted octanol–water partition coefficient (Wildman–Crippen LogP) is 5.27. The van der Waals surface area contributed by atoms with Crippen LogP contribution in [0.4, 0.5) is 5.69 Å². The van der Waals surface area contributed by atoms with Gasteiger partial charge in [0.1, 0.15) is 13.2 Å². The van der Waals surface area contributed by atoms with Gasteiger partial charge in [0.05, 0.1) is 11.6 Å². The van der Waals surface area contributed by atoms with Gasteiger partial charge in [-0.2, -0.15) is 0 Å². The number of anilines is 1. The van der Waals surface area contributed by atoms with E-state index in [4.69, 9.17) is 9.47 Å². The van der Waals surface area contributed by atoms with E-state index in [2.05, 4.69) is 20.8 Å². The van der Waals surface area contributed by atoms with Gasteiger partial charge < -0.3 is 14.6 Å². The van der Waals surface area contributed by atoms with E-state index >= 15 is 0 Å². The van der Waals surface area contributed by atoms with Crippen LogP contribution in [0, 0.1) is 5.41 Å². The lowest BCUT2D eigenvalue weighted by atomic mass is 9.81. The van der Waals surface area contributed by atoms with Crippen LogP contribution in [0.15, 0.2) is 53.8 Å². The van der Waals surface area contributed by atoms with E-state index in [9.17, 15) is 14.7 Å². The van der Waals surface area contributed by atoms with Gasteiger partial charge in [0.2, 0.25) is 0 Å². The van der Waals surface area contributed by atoms with Crippen molar-refractivity contribution in [2.24, 2.45) is 5.41 Å². The molecule has 4 rings (SSSR count). The molecule has 2 aromatic rings. The van der Waals surface area contributed by atoms with Crippen LogP contribution in [-0.2, 0) is 15.0 Å². The molecule has 1 N–H and O–H groups in total. The molecular formula is C27H31NO5. The Labute approximate surface area is 194 Å². The second-order valence-corrected chi connectivity index (χ2v) is 10.6. The molecule has 0 aliphatic carbocycles. The normalized spacial score (nSPS) is 18.7. The number of rotatable bonds is 3. The molecule has 0 aromatic heterocycles. The quantitative estimate of drug-likeness (QED) is 0.691. The third-order valence-corrected chi connectivity index (χ3v) is 6.03. The fraction of sp³-hybridized carbons (Fsp3) is 0.407. The molecule has 2 aliphatic rings. The van der Waals surface area contributed by atoms with E-state index in [1.807, 2.05) is 24.3 Å². The maximum atomic E-state index is 13.4. The molecule has 1 amide bonds. The van der Waals surface area contributed by atoms with Gasteiger partial charge >= 0.3 is 0 Å². The maximum Gasteiger partial charge on any atom is 0.294 e. The first-order chi connectivity index (χ1) is 15.4. The number of ether oxygens (including phenoxy) is 2. The van der Waals surface area contributed by atoms with Crippen molar-refractivity contribution in [3.8, 4) is 11.5 Å². The summed E-state index contributed by atoms with van der Waals surface area (Å²) in [5.74, 6) is -0.244. The van der Waals surface area contributed by atoms with Gasteiger partial charge in [-0.15, -0.1) is 0 Å². The Morgan fingerprint density at radius 1 is 0.939 bits per heavy atom. The maximum absolute atomic E-state index is 13.4. The van der Waals surface area contributed by atoms with Gasteiger partial charge in [-0.3, -0.25) is 14.5 Å². The molecule has 6 nitrogen and oxygen atoms in total. The minimum Gasteiger partial charge on any atom is -0.503 e. The van der Waals surface area contributed by atoms with E-state index in [0.29, 0.717) is 30.4 Å². The average Bonchev–Trinajstić information content (AvgIpc) is 3.02. The molecule has 0 radical (unpaired) electrons. The van der Waals surface area contributed by atoms with Crippen molar-refractivity contribution in [1.82, 2.24) is 0 Å². The summed E-state index contributed by atoms with van der Waals surface area (Å²) >= 11 is 0. The third-order valence-electron chi connectivity index (χ3n) is 6.03. The molecule has 2 aromatic carbocycles. The lowest BCUT2D eigenvalue weighted by Gasteiger charge is -2.30. The Hall–Kier alpha value is -3.28. The Morgan fingerprint density at radius 2 is 1.55 bits per heavy atom. The second kappa shape index (κ2) is 7.94. The number of amides is 1. The summed E-state index contributed by atoms with van der Waals surface area (Å²) < 4.78 is 11.3. The first-order valence-electron chi connectivity index (χ1n) is 11.2. The van der Waals surface area contributed by atoms with Crippen LogP contribution in [0.1, 0.15) is 58.7 Å². The molecule has 0 bridgehead atoms. The molecule has 2 aliphatic heterocycles. The summed E-state index contributed by atoms with van der Waals surface area (Å²) in [6, 6.07) is 12.3. The van der Waals surface area contributed by atoms with Gasteiger partial charge in [0, 0.05) is 17.2 Å². The molecule has 1 atom stereocenters. The number of nitrogens with zero attached hydrogens (tertiary/aromatic N) is 1. The van der Waals surface area contributed by atoms with Crippen LogP contribution in [0.25, 0.3) is 0 Å².